The zero-order valence-corrected chi connectivity index (χ0v) is 14.7. The zero-order chi connectivity index (χ0) is 18.0. The summed E-state index contributed by atoms with van der Waals surface area (Å²) in [5.74, 6) is -1.63. The van der Waals surface area contributed by atoms with Crippen LogP contribution in [0.2, 0.25) is 5.02 Å². The molecule has 0 bridgehead atoms. The van der Waals surface area contributed by atoms with E-state index in [4.69, 9.17) is 16.3 Å². The monoisotopic (exact) mass is 384 g/mol. The first-order valence-corrected chi connectivity index (χ1v) is 8.55. The number of hydrogen-bond acceptors (Lipinski definition) is 6. The Kier molecular flexibility index (Phi) is 5.26. The van der Waals surface area contributed by atoms with E-state index in [0.717, 1.165) is 0 Å². The van der Waals surface area contributed by atoms with Crippen molar-refractivity contribution >= 4 is 45.6 Å². The van der Waals surface area contributed by atoms with Crippen LogP contribution >= 0.6 is 22.9 Å². The van der Waals surface area contributed by atoms with Crippen LogP contribution in [-0.2, 0) is 20.9 Å². The van der Waals surface area contributed by atoms with Crippen LogP contribution in [0.3, 0.4) is 0 Å². The van der Waals surface area contributed by atoms with Crippen LogP contribution in [0.15, 0.2) is 18.2 Å². The summed E-state index contributed by atoms with van der Waals surface area (Å²) < 4.78 is 18.2. The number of halogens is 2. The van der Waals surface area contributed by atoms with E-state index < -0.39 is 11.7 Å². The van der Waals surface area contributed by atoms with Gasteiger partial charge < -0.3 is 15.0 Å². The van der Waals surface area contributed by atoms with Crippen molar-refractivity contribution < 1.29 is 18.7 Å². The lowest BCUT2D eigenvalue weighted by Crippen LogP contribution is -2.28. The van der Waals surface area contributed by atoms with E-state index in [1.165, 1.54) is 34.4 Å². The van der Waals surface area contributed by atoms with Gasteiger partial charge in [0.15, 0.2) is 0 Å². The maximum absolute atomic E-state index is 13.3. The third-order valence-electron chi connectivity index (χ3n) is 3.68. The molecule has 1 aliphatic heterocycles. The molecule has 0 saturated carbocycles. The highest BCUT2D eigenvalue weighted by atomic mass is 35.5. The predicted molar refractivity (Wildman–Crippen MR) is 91.1 cm³/mol. The second kappa shape index (κ2) is 7.42. The number of hydrogen-bond donors (Lipinski definition) is 1. The quantitative estimate of drug-likeness (QED) is 0.856. The van der Waals surface area contributed by atoms with Crippen LogP contribution in [0.5, 0.6) is 0 Å². The third-order valence-corrected chi connectivity index (χ3v) is 4.78. The standard InChI is InChI=1S/C15H14ClFN4O3S/c1-24-7-12-19-20-15(25-12)18-14(23)8-4-13(22)21(6-8)9-2-3-11(17)10(16)5-9/h2-3,5,8H,4,6-7H2,1H3,(H,18,20,23). The van der Waals surface area contributed by atoms with Gasteiger partial charge in [0.25, 0.3) is 0 Å². The van der Waals surface area contributed by atoms with Gasteiger partial charge >= 0.3 is 0 Å². The minimum absolute atomic E-state index is 0.0601. The normalized spacial score (nSPS) is 17.2. The van der Waals surface area contributed by atoms with E-state index in [2.05, 4.69) is 15.5 Å². The number of nitrogens with one attached hydrogen (secondary N) is 1. The second-order valence-corrected chi connectivity index (χ2v) is 6.90. The number of aromatic nitrogens is 2. The molecule has 7 nitrogen and oxygen atoms in total. The van der Waals surface area contributed by atoms with Gasteiger partial charge in [-0.1, -0.05) is 22.9 Å². The molecule has 0 aliphatic carbocycles. The SMILES string of the molecule is COCc1nnc(NC(=O)C2CC(=O)N(c3ccc(F)c(Cl)c3)C2)s1. The summed E-state index contributed by atoms with van der Waals surface area (Å²) >= 11 is 6.97. The molecule has 0 radical (unpaired) electrons. The summed E-state index contributed by atoms with van der Waals surface area (Å²) in [4.78, 5) is 26.0. The van der Waals surface area contributed by atoms with E-state index in [9.17, 15) is 14.0 Å². The number of nitrogens with zero attached hydrogens (tertiary/aromatic N) is 3. The Balaban J connectivity index is 1.66. The molecular formula is C15H14ClFN4O3S. The number of anilines is 2. The predicted octanol–water partition coefficient (Wildman–Crippen LogP) is 2.47. The lowest BCUT2D eigenvalue weighted by molar-refractivity contribution is -0.122. The molecule has 2 heterocycles. The maximum atomic E-state index is 13.3. The molecule has 1 N–H and O–H groups in total. The van der Waals surface area contributed by atoms with Crippen LogP contribution in [0, 0.1) is 11.7 Å². The summed E-state index contributed by atoms with van der Waals surface area (Å²) in [6.45, 7) is 0.505. The van der Waals surface area contributed by atoms with Crippen LogP contribution < -0.4 is 10.2 Å². The van der Waals surface area contributed by atoms with Gasteiger partial charge in [-0.25, -0.2) is 4.39 Å². The molecule has 1 atom stereocenters. The van der Waals surface area contributed by atoms with Crippen LogP contribution in [0.1, 0.15) is 11.4 Å². The van der Waals surface area contributed by atoms with Crippen molar-refractivity contribution in [1.29, 1.82) is 0 Å². The first-order chi connectivity index (χ1) is 12.0. The maximum Gasteiger partial charge on any atom is 0.231 e. The molecule has 1 aliphatic rings. The van der Waals surface area contributed by atoms with Gasteiger partial charge in [-0.2, -0.15) is 0 Å². The van der Waals surface area contributed by atoms with E-state index in [1.807, 2.05) is 0 Å². The van der Waals surface area contributed by atoms with Gasteiger partial charge in [0.2, 0.25) is 16.9 Å². The molecule has 132 valence electrons. The van der Waals surface area contributed by atoms with Crippen molar-refractivity contribution in [3.63, 3.8) is 0 Å². The van der Waals surface area contributed by atoms with Crippen molar-refractivity contribution in [1.82, 2.24) is 10.2 Å². The van der Waals surface area contributed by atoms with Crippen molar-refractivity contribution in [2.45, 2.75) is 13.0 Å². The van der Waals surface area contributed by atoms with Crippen molar-refractivity contribution in [3.8, 4) is 0 Å². The third kappa shape index (κ3) is 3.94. The van der Waals surface area contributed by atoms with E-state index in [-0.39, 0.29) is 29.8 Å². The number of rotatable bonds is 5. The lowest BCUT2D eigenvalue weighted by atomic mass is 10.1. The first-order valence-electron chi connectivity index (χ1n) is 7.35. The molecule has 2 aromatic rings. The van der Waals surface area contributed by atoms with Gasteiger partial charge in [0.1, 0.15) is 17.4 Å². The van der Waals surface area contributed by atoms with E-state index >= 15 is 0 Å². The largest absolute Gasteiger partial charge is 0.377 e. The average molecular weight is 385 g/mol. The smallest absolute Gasteiger partial charge is 0.231 e. The summed E-state index contributed by atoms with van der Waals surface area (Å²) in [7, 11) is 1.54. The van der Waals surface area contributed by atoms with Crippen molar-refractivity contribution in [2.75, 3.05) is 23.9 Å². The molecule has 1 saturated heterocycles. The fraction of sp³-hybridized carbons (Fsp3) is 0.333. The summed E-state index contributed by atoms with van der Waals surface area (Å²) in [5, 5.41) is 11.3. The number of carbonyl (C=O) groups excluding carboxylic acids is 2. The molecule has 25 heavy (non-hydrogen) atoms. The van der Waals surface area contributed by atoms with Gasteiger partial charge in [-0.15, -0.1) is 10.2 Å². The molecule has 2 amide bonds. The second-order valence-electron chi connectivity index (χ2n) is 5.43. The highest BCUT2D eigenvalue weighted by Gasteiger charge is 2.35. The summed E-state index contributed by atoms with van der Waals surface area (Å²) in [6, 6.07) is 4.02. The number of benzene rings is 1. The van der Waals surface area contributed by atoms with Crippen molar-refractivity contribution in [2.24, 2.45) is 5.92 Å². The zero-order valence-electron chi connectivity index (χ0n) is 13.2. The van der Waals surface area contributed by atoms with E-state index in [0.29, 0.717) is 22.4 Å². The molecule has 1 aromatic carbocycles. The Morgan fingerprint density at radius 1 is 1.52 bits per heavy atom. The lowest BCUT2D eigenvalue weighted by Gasteiger charge is -2.17. The van der Waals surface area contributed by atoms with E-state index in [1.54, 1.807) is 7.11 Å². The molecule has 10 heteroatoms. The van der Waals surface area contributed by atoms with Gasteiger partial charge in [0, 0.05) is 25.8 Å². The number of amides is 2. The van der Waals surface area contributed by atoms with Gasteiger partial charge in [0.05, 0.1) is 10.9 Å². The van der Waals surface area contributed by atoms with Crippen LogP contribution in [0.25, 0.3) is 0 Å². The summed E-state index contributed by atoms with van der Waals surface area (Å²) in [6.07, 6.45) is 0.0601. The minimum atomic E-state index is -0.561. The number of ether oxygens (including phenoxy) is 1. The first kappa shape index (κ1) is 17.7. The number of methoxy groups -OCH3 is 1. The van der Waals surface area contributed by atoms with Crippen LogP contribution in [-0.4, -0.2) is 35.7 Å². The number of carbonyl (C=O) groups is 2. The Morgan fingerprint density at radius 2 is 2.32 bits per heavy atom. The topological polar surface area (TPSA) is 84.4 Å². The molecule has 1 fully saturated rings. The minimum Gasteiger partial charge on any atom is -0.377 e. The Morgan fingerprint density at radius 3 is 3.04 bits per heavy atom. The van der Waals surface area contributed by atoms with Crippen LogP contribution in [0.4, 0.5) is 15.2 Å². The van der Waals surface area contributed by atoms with Crippen molar-refractivity contribution in [3.05, 3.63) is 34.0 Å². The molecular weight excluding hydrogens is 371 g/mol. The Hall–Kier alpha value is -2.10. The molecule has 0 spiro atoms. The molecule has 1 unspecified atom stereocenters. The average Bonchev–Trinajstić information content (AvgIpc) is 3.17. The fourth-order valence-electron chi connectivity index (χ4n) is 2.48. The molecule has 1 aromatic heterocycles. The Bertz CT molecular complexity index is 816. The fourth-order valence-corrected chi connectivity index (χ4v) is 3.37. The highest BCUT2D eigenvalue weighted by molar-refractivity contribution is 7.15. The summed E-state index contributed by atoms with van der Waals surface area (Å²) in [5.41, 5.74) is 0.463. The highest BCUT2D eigenvalue weighted by Crippen LogP contribution is 2.29. The Labute approximate surface area is 151 Å². The van der Waals surface area contributed by atoms with Gasteiger partial charge in [-0.3, -0.25) is 9.59 Å². The molecule has 3 rings (SSSR count). The van der Waals surface area contributed by atoms with Gasteiger partial charge in [-0.05, 0) is 18.2 Å².